The topological polar surface area (TPSA) is 58.6 Å². The molecule has 0 saturated heterocycles. The zero-order valence-corrected chi connectivity index (χ0v) is 5.47. The van der Waals surface area contributed by atoms with E-state index < -0.39 is 5.97 Å². The standard InChI is InChI=1S/C5H10FNO3/c6-10-5(9)1-2-7-3-4-8/h7-8H,1-4H2. The minimum absolute atomic E-state index is 0.00464. The van der Waals surface area contributed by atoms with Gasteiger partial charge in [0.15, 0.2) is 0 Å². The largest absolute Gasteiger partial charge is 0.395 e. The van der Waals surface area contributed by atoms with Gasteiger partial charge in [-0.1, -0.05) is 0 Å². The van der Waals surface area contributed by atoms with Crippen molar-refractivity contribution in [3.8, 4) is 0 Å². The van der Waals surface area contributed by atoms with Crippen LogP contribution in [0.2, 0.25) is 0 Å². The molecule has 2 N–H and O–H groups in total. The summed E-state index contributed by atoms with van der Waals surface area (Å²) >= 11 is 0. The maximum absolute atomic E-state index is 11.0. The van der Waals surface area contributed by atoms with Crippen LogP contribution >= 0.6 is 0 Å². The van der Waals surface area contributed by atoms with Crippen LogP contribution in [0.4, 0.5) is 4.53 Å². The lowest BCUT2D eigenvalue weighted by Crippen LogP contribution is -2.21. The van der Waals surface area contributed by atoms with Crippen molar-refractivity contribution in [2.75, 3.05) is 19.7 Å². The summed E-state index contributed by atoms with van der Waals surface area (Å²) in [7, 11) is 0. The number of hydrogen-bond acceptors (Lipinski definition) is 4. The molecule has 0 spiro atoms. The van der Waals surface area contributed by atoms with Crippen LogP contribution in [-0.2, 0) is 9.74 Å². The van der Waals surface area contributed by atoms with Crippen LogP contribution in [0.25, 0.3) is 0 Å². The second kappa shape index (κ2) is 6.44. The number of aliphatic hydroxyl groups is 1. The minimum Gasteiger partial charge on any atom is -0.395 e. The molecule has 0 bridgehead atoms. The highest BCUT2D eigenvalue weighted by Crippen LogP contribution is 1.83. The molecule has 0 aliphatic heterocycles. The highest BCUT2D eigenvalue weighted by Gasteiger charge is 2.00. The molecule has 5 heteroatoms. The minimum atomic E-state index is -0.898. The van der Waals surface area contributed by atoms with E-state index in [0.717, 1.165) is 0 Å². The van der Waals surface area contributed by atoms with Gasteiger partial charge in [-0.25, -0.2) is 4.79 Å². The van der Waals surface area contributed by atoms with Crippen LogP contribution in [0.15, 0.2) is 0 Å². The molecule has 0 aromatic heterocycles. The Morgan fingerprint density at radius 2 is 2.30 bits per heavy atom. The third-order valence-corrected chi connectivity index (χ3v) is 0.881. The Morgan fingerprint density at radius 3 is 2.80 bits per heavy atom. The van der Waals surface area contributed by atoms with Gasteiger partial charge in [0.2, 0.25) is 0 Å². The first-order valence-corrected chi connectivity index (χ1v) is 2.94. The number of carbonyl (C=O) groups is 1. The molecule has 0 unspecified atom stereocenters. The second-order valence-corrected chi connectivity index (χ2v) is 1.67. The Kier molecular flexibility index (Phi) is 6.00. The van der Waals surface area contributed by atoms with Crippen molar-refractivity contribution >= 4 is 5.97 Å². The average molecular weight is 151 g/mol. The maximum Gasteiger partial charge on any atom is 0.350 e. The molecule has 0 saturated carbocycles. The van der Waals surface area contributed by atoms with Gasteiger partial charge in [0, 0.05) is 17.6 Å². The van der Waals surface area contributed by atoms with Gasteiger partial charge in [0.05, 0.1) is 13.0 Å². The van der Waals surface area contributed by atoms with Crippen molar-refractivity contribution in [1.29, 1.82) is 0 Å². The van der Waals surface area contributed by atoms with Crippen molar-refractivity contribution in [2.45, 2.75) is 6.42 Å². The Bertz CT molecular complexity index is 98.9. The van der Waals surface area contributed by atoms with Crippen LogP contribution in [0.5, 0.6) is 0 Å². The van der Waals surface area contributed by atoms with Gasteiger partial charge >= 0.3 is 5.97 Å². The molecule has 0 aliphatic rings. The number of aliphatic hydroxyl groups excluding tert-OH is 1. The van der Waals surface area contributed by atoms with E-state index in [0.29, 0.717) is 13.1 Å². The Balaban J connectivity index is 2.96. The lowest BCUT2D eigenvalue weighted by atomic mass is 10.4. The summed E-state index contributed by atoms with van der Waals surface area (Å²) in [6.45, 7) is 0.730. The van der Waals surface area contributed by atoms with Crippen molar-refractivity contribution in [2.24, 2.45) is 0 Å². The number of rotatable bonds is 5. The molecule has 0 heterocycles. The molecule has 0 fully saturated rings. The van der Waals surface area contributed by atoms with E-state index in [-0.39, 0.29) is 13.0 Å². The van der Waals surface area contributed by atoms with Gasteiger partial charge in [-0.05, 0) is 0 Å². The normalized spacial score (nSPS) is 9.40. The first-order valence-electron chi connectivity index (χ1n) is 2.94. The lowest BCUT2D eigenvalue weighted by molar-refractivity contribution is -0.183. The predicted molar refractivity (Wildman–Crippen MR) is 31.8 cm³/mol. The van der Waals surface area contributed by atoms with Crippen LogP contribution in [-0.4, -0.2) is 30.8 Å². The zero-order chi connectivity index (χ0) is 7.82. The molecule has 4 nitrogen and oxygen atoms in total. The second-order valence-electron chi connectivity index (χ2n) is 1.67. The summed E-state index contributed by atoms with van der Waals surface area (Å²) < 4.78 is 11.0. The summed E-state index contributed by atoms with van der Waals surface area (Å²) in [4.78, 5) is 13.0. The predicted octanol–water partition coefficient (Wildman–Crippen LogP) is -0.614. The van der Waals surface area contributed by atoms with E-state index in [1.165, 1.54) is 0 Å². The fourth-order valence-electron chi connectivity index (χ4n) is 0.433. The van der Waals surface area contributed by atoms with Crippen molar-refractivity contribution in [1.82, 2.24) is 5.32 Å². The molecule has 0 atom stereocenters. The van der Waals surface area contributed by atoms with Crippen molar-refractivity contribution < 1.29 is 19.4 Å². The molecular formula is C5H10FNO3. The third-order valence-electron chi connectivity index (χ3n) is 0.881. The Morgan fingerprint density at radius 1 is 1.60 bits per heavy atom. The number of carbonyl (C=O) groups excluding carboxylic acids is 1. The fourth-order valence-corrected chi connectivity index (χ4v) is 0.433. The molecule has 0 aliphatic carbocycles. The monoisotopic (exact) mass is 151 g/mol. The van der Waals surface area contributed by atoms with E-state index in [1.807, 2.05) is 0 Å². The quantitative estimate of drug-likeness (QED) is 0.514. The molecular weight excluding hydrogens is 141 g/mol. The summed E-state index contributed by atoms with van der Waals surface area (Å²) in [5.41, 5.74) is 0. The Hall–Kier alpha value is -0.680. The number of halogens is 1. The smallest absolute Gasteiger partial charge is 0.350 e. The van der Waals surface area contributed by atoms with E-state index in [4.69, 9.17) is 5.11 Å². The summed E-state index contributed by atoms with van der Waals surface area (Å²) in [6.07, 6.45) is -0.0174. The summed E-state index contributed by atoms with van der Waals surface area (Å²) in [6, 6.07) is 0. The van der Waals surface area contributed by atoms with Crippen LogP contribution in [0, 0.1) is 0 Å². The summed E-state index contributed by atoms with van der Waals surface area (Å²) in [5, 5.41) is 10.9. The fraction of sp³-hybridized carbons (Fsp3) is 0.800. The van der Waals surface area contributed by atoms with Gasteiger partial charge < -0.3 is 10.4 Å². The maximum atomic E-state index is 11.0. The van der Waals surface area contributed by atoms with Gasteiger partial charge in [0.1, 0.15) is 0 Å². The van der Waals surface area contributed by atoms with Gasteiger partial charge in [-0.15, -0.1) is 0 Å². The van der Waals surface area contributed by atoms with Gasteiger partial charge in [-0.3, -0.25) is 4.94 Å². The van der Waals surface area contributed by atoms with Gasteiger partial charge in [0.25, 0.3) is 0 Å². The molecule has 0 aromatic rings. The molecule has 0 radical (unpaired) electrons. The lowest BCUT2D eigenvalue weighted by Gasteiger charge is -1.97. The zero-order valence-electron chi connectivity index (χ0n) is 5.47. The van der Waals surface area contributed by atoms with Crippen molar-refractivity contribution in [3.63, 3.8) is 0 Å². The van der Waals surface area contributed by atoms with E-state index in [9.17, 15) is 9.32 Å². The van der Waals surface area contributed by atoms with E-state index in [2.05, 4.69) is 10.3 Å². The highest BCUT2D eigenvalue weighted by molar-refractivity contribution is 5.68. The SMILES string of the molecule is O=C(CCNCCO)OF. The molecule has 0 rings (SSSR count). The highest BCUT2D eigenvalue weighted by atomic mass is 19.3. The third kappa shape index (κ3) is 5.46. The summed E-state index contributed by atoms with van der Waals surface area (Å²) in [5.74, 6) is -0.898. The molecule has 10 heavy (non-hydrogen) atoms. The average Bonchev–Trinajstić information content (AvgIpc) is 1.98. The molecule has 0 aromatic carbocycles. The van der Waals surface area contributed by atoms with Gasteiger partial charge in [-0.2, -0.15) is 0 Å². The van der Waals surface area contributed by atoms with Crippen LogP contribution in [0.3, 0.4) is 0 Å². The number of nitrogens with one attached hydrogen (secondary N) is 1. The van der Waals surface area contributed by atoms with E-state index >= 15 is 0 Å². The van der Waals surface area contributed by atoms with Crippen LogP contribution < -0.4 is 5.32 Å². The first-order chi connectivity index (χ1) is 4.81. The first kappa shape index (κ1) is 9.32. The van der Waals surface area contributed by atoms with Crippen molar-refractivity contribution in [3.05, 3.63) is 0 Å². The van der Waals surface area contributed by atoms with Crippen LogP contribution in [0.1, 0.15) is 6.42 Å². The number of hydrogen-bond donors (Lipinski definition) is 2. The van der Waals surface area contributed by atoms with E-state index in [1.54, 1.807) is 0 Å². The molecule has 60 valence electrons. The molecule has 0 amide bonds. The Labute approximate surface area is 57.9 Å².